The highest BCUT2D eigenvalue weighted by molar-refractivity contribution is 5.87. The fourth-order valence-corrected chi connectivity index (χ4v) is 6.54. The Kier molecular flexibility index (Phi) is 12.6. The standard InChI is InChI=1S/C41H46N8O7/c1-5-16-48(37(50)23-44-40(52)54-3)24-35-42-22-32(46-35)28-12-13-29-19-30-18-27(14-15-33(30)56-34(29)20-28)31-21-43-36(45-31)25-49(17-6-2)39(51)38(47-41(53)55-4)26-10-8-7-9-11-26/h7-15,18,20-22,38H,5-6,16-17,19,23-25H2,1-4H3,(H,42,46)(H,43,45)(H,44,52)(H,47,53)/t38-/m1/s1. The molecule has 0 spiro atoms. The van der Waals surface area contributed by atoms with Crippen LogP contribution in [0.4, 0.5) is 9.59 Å². The highest BCUT2D eigenvalue weighted by Gasteiger charge is 2.28. The smallest absolute Gasteiger partial charge is 0.407 e. The Hall–Kier alpha value is -6.64. The molecule has 2 aromatic heterocycles. The third-order valence-electron chi connectivity index (χ3n) is 9.34. The van der Waals surface area contributed by atoms with E-state index in [0.29, 0.717) is 43.1 Å². The van der Waals surface area contributed by atoms with Gasteiger partial charge in [0.2, 0.25) is 11.8 Å². The van der Waals surface area contributed by atoms with Gasteiger partial charge < -0.3 is 44.6 Å². The van der Waals surface area contributed by atoms with E-state index >= 15 is 0 Å². The summed E-state index contributed by atoms with van der Waals surface area (Å²) in [6.45, 7) is 5.28. The molecule has 0 radical (unpaired) electrons. The van der Waals surface area contributed by atoms with Crippen LogP contribution in [0, 0.1) is 0 Å². The van der Waals surface area contributed by atoms with Gasteiger partial charge in [0.1, 0.15) is 35.7 Å². The van der Waals surface area contributed by atoms with E-state index in [9.17, 15) is 19.2 Å². The van der Waals surface area contributed by atoms with Crippen molar-refractivity contribution in [2.24, 2.45) is 0 Å². The minimum absolute atomic E-state index is 0.164. The fraction of sp³-hybridized carbons (Fsp3) is 0.317. The maximum Gasteiger partial charge on any atom is 0.407 e. The number of nitrogens with zero attached hydrogens (tertiary/aromatic N) is 4. The number of methoxy groups -OCH3 is 2. The third kappa shape index (κ3) is 9.35. The van der Waals surface area contributed by atoms with Gasteiger partial charge in [-0.15, -0.1) is 0 Å². The highest BCUT2D eigenvalue weighted by Crippen LogP contribution is 2.40. The number of aromatic nitrogens is 4. The number of carbonyl (C=O) groups is 4. The molecule has 15 nitrogen and oxygen atoms in total. The molecule has 1 aliphatic heterocycles. The maximum absolute atomic E-state index is 13.8. The molecule has 0 saturated heterocycles. The molecule has 6 rings (SSSR count). The summed E-state index contributed by atoms with van der Waals surface area (Å²) in [5.41, 5.74) is 6.11. The number of hydrogen-bond donors (Lipinski definition) is 4. The van der Waals surface area contributed by atoms with E-state index in [4.69, 9.17) is 9.47 Å². The maximum atomic E-state index is 13.8. The predicted octanol–water partition coefficient (Wildman–Crippen LogP) is 6.09. The van der Waals surface area contributed by atoms with Gasteiger partial charge in [0.25, 0.3) is 0 Å². The SMILES string of the molecule is CCCN(Cc1ncc(-c2ccc3c(c2)Oc2ccc(-c4cnc(CN(CCC)C(=O)[C@H](NC(=O)OC)c5ccccc5)[nH]4)cc2C3)[nH]1)C(=O)CNC(=O)OC. The van der Waals surface area contributed by atoms with Crippen LogP contribution in [0.25, 0.3) is 22.5 Å². The van der Waals surface area contributed by atoms with Crippen molar-refractivity contribution in [3.05, 3.63) is 107 Å². The molecule has 4 amide bonds. The van der Waals surface area contributed by atoms with Crippen molar-refractivity contribution in [1.29, 1.82) is 0 Å². The number of rotatable bonds is 15. The second-order valence-corrected chi connectivity index (χ2v) is 13.3. The largest absolute Gasteiger partial charge is 0.457 e. The summed E-state index contributed by atoms with van der Waals surface area (Å²) >= 11 is 0. The van der Waals surface area contributed by atoms with Crippen molar-refractivity contribution in [1.82, 2.24) is 40.4 Å². The Labute approximate surface area is 324 Å². The lowest BCUT2D eigenvalue weighted by atomic mass is 9.96. The van der Waals surface area contributed by atoms with E-state index < -0.39 is 18.2 Å². The summed E-state index contributed by atoms with van der Waals surface area (Å²) in [4.78, 5) is 69.4. The summed E-state index contributed by atoms with van der Waals surface area (Å²) in [6, 6.07) is 20.2. The second-order valence-electron chi connectivity index (χ2n) is 13.3. The number of nitrogens with one attached hydrogen (secondary N) is 4. The lowest BCUT2D eigenvalue weighted by Gasteiger charge is -2.27. The van der Waals surface area contributed by atoms with E-state index in [0.717, 1.165) is 51.6 Å². The molecule has 56 heavy (non-hydrogen) atoms. The molecule has 15 heteroatoms. The number of carbonyl (C=O) groups excluding carboxylic acids is 4. The van der Waals surface area contributed by atoms with Gasteiger partial charge in [-0.05, 0) is 53.8 Å². The average Bonchev–Trinajstić information content (AvgIpc) is 3.90. The second kappa shape index (κ2) is 18.1. The van der Waals surface area contributed by atoms with Crippen LogP contribution >= 0.6 is 0 Å². The minimum atomic E-state index is -0.913. The van der Waals surface area contributed by atoms with E-state index in [1.807, 2.05) is 62.4 Å². The summed E-state index contributed by atoms with van der Waals surface area (Å²) in [5, 5.41) is 5.12. The number of hydrogen-bond acceptors (Lipinski definition) is 9. The van der Waals surface area contributed by atoms with Crippen LogP contribution in [0.5, 0.6) is 11.5 Å². The van der Waals surface area contributed by atoms with E-state index in [1.54, 1.807) is 34.3 Å². The van der Waals surface area contributed by atoms with Crippen molar-refractivity contribution < 1.29 is 33.4 Å². The molecule has 3 aromatic carbocycles. The summed E-state index contributed by atoms with van der Waals surface area (Å²) in [5.74, 6) is 2.23. The Morgan fingerprint density at radius 3 is 2.05 bits per heavy atom. The van der Waals surface area contributed by atoms with Crippen molar-refractivity contribution in [3.8, 4) is 34.0 Å². The fourth-order valence-electron chi connectivity index (χ4n) is 6.54. The number of imidazole rings is 2. The molecule has 3 heterocycles. The van der Waals surface area contributed by atoms with Crippen molar-refractivity contribution in [3.63, 3.8) is 0 Å². The molecule has 292 valence electrons. The van der Waals surface area contributed by atoms with Gasteiger partial charge in [0.05, 0.1) is 51.1 Å². The molecule has 0 bridgehead atoms. The highest BCUT2D eigenvalue weighted by atomic mass is 16.5. The van der Waals surface area contributed by atoms with Gasteiger partial charge in [-0.1, -0.05) is 56.3 Å². The summed E-state index contributed by atoms with van der Waals surface area (Å²) in [6.07, 6.45) is 4.27. The number of H-pyrrole nitrogens is 2. The summed E-state index contributed by atoms with van der Waals surface area (Å²) in [7, 11) is 2.52. The van der Waals surface area contributed by atoms with Crippen molar-refractivity contribution in [2.75, 3.05) is 33.9 Å². The number of alkyl carbamates (subject to hydrolysis) is 2. The van der Waals surface area contributed by atoms with Crippen LogP contribution in [0.3, 0.4) is 0 Å². The first kappa shape index (κ1) is 39.1. The van der Waals surface area contributed by atoms with Crippen LogP contribution in [-0.4, -0.2) is 87.6 Å². The molecule has 0 fully saturated rings. The van der Waals surface area contributed by atoms with Crippen LogP contribution in [0.15, 0.2) is 79.1 Å². The zero-order chi connectivity index (χ0) is 39.6. The Morgan fingerprint density at radius 1 is 0.768 bits per heavy atom. The molecular weight excluding hydrogens is 716 g/mol. The summed E-state index contributed by atoms with van der Waals surface area (Å²) < 4.78 is 15.8. The molecule has 1 atom stereocenters. The minimum Gasteiger partial charge on any atom is -0.457 e. The molecule has 0 saturated carbocycles. The number of fused-ring (bicyclic) bond motifs is 2. The van der Waals surface area contributed by atoms with E-state index in [-0.39, 0.29) is 31.4 Å². The van der Waals surface area contributed by atoms with E-state index in [2.05, 4.69) is 41.4 Å². The first-order chi connectivity index (χ1) is 27.2. The number of benzene rings is 3. The van der Waals surface area contributed by atoms with Crippen LogP contribution in [0.1, 0.15) is 61.1 Å². The first-order valence-electron chi connectivity index (χ1n) is 18.5. The van der Waals surface area contributed by atoms with Crippen LogP contribution in [-0.2, 0) is 38.6 Å². The molecule has 4 N–H and O–H groups in total. The van der Waals surface area contributed by atoms with E-state index in [1.165, 1.54) is 14.2 Å². The molecule has 0 aliphatic carbocycles. The average molecular weight is 763 g/mol. The van der Waals surface area contributed by atoms with Crippen molar-refractivity contribution >= 4 is 24.0 Å². The normalized spacial score (nSPS) is 12.0. The topological polar surface area (TPSA) is 184 Å². The van der Waals surface area contributed by atoms with Gasteiger partial charge in [-0.3, -0.25) is 9.59 Å². The van der Waals surface area contributed by atoms with Crippen molar-refractivity contribution in [2.45, 2.75) is 52.2 Å². The molecular formula is C41H46N8O7. The molecule has 1 aliphatic rings. The first-order valence-corrected chi connectivity index (χ1v) is 18.5. The molecule has 5 aromatic rings. The zero-order valence-corrected chi connectivity index (χ0v) is 31.9. The number of amides is 4. The number of aromatic amines is 2. The Balaban J connectivity index is 1.12. The van der Waals surface area contributed by atoms with Gasteiger partial charge in [-0.2, -0.15) is 0 Å². The van der Waals surface area contributed by atoms with Gasteiger partial charge in [0.15, 0.2) is 0 Å². The van der Waals surface area contributed by atoms with Gasteiger partial charge in [0, 0.05) is 30.6 Å². The quantitative estimate of drug-likeness (QED) is 0.0961. The van der Waals surface area contributed by atoms with Crippen LogP contribution in [0.2, 0.25) is 0 Å². The third-order valence-corrected chi connectivity index (χ3v) is 9.34. The molecule has 0 unspecified atom stereocenters. The predicted molar refractivity (Wildman–Crippen MR) is 207 cm³/mol. The zero-order valence-electron chi connectivity index (χ0n) is 31.9. The van der Waals surface area contributed by atoms with Gasteiger partial charge in [-0.25, -0.2) is 19.6 Å². The lowest BCUT2D eigenvalue weighted by molar-refractivity contribution is -0.134. The van der Waals surface area contributed by atoms with Crippen LogP contribution < -0.4 is 15.4 Å². The van der Waals surface area contributed by atoms with Gasteiger partial charge >= 0.3 is 12.2 Å². The lowest BCUT2D eigenvalue weighted by Crippen LogP contribution is -2.43. The number of ether oxygens (including phenoxy) is 3. The Bertz CT molecular complexity index is 2170. The monoisotopic (exact) mass is 762 g/mol. The Morgan fingerprint density at radius 2 is 1.39 bits per heavy atom.